The average Bonchev–Trinajstić information content (AvgIpc) is 2.14. The summed E-state index contributed by atoms with van der Waals surface area (Å²) < 4.78 is 11.0. The maximum absolute atomic E-state index is 5.71. The first-order chi connectivity index (χ1) is 7.37. The second-order valence-electron chi connectivity index (χ2n) is 4.46. The van der Waals surface area contributed by atoms with E-state index in [0.29, 0.717) is 5.92 Å². The summed E-state index contributed by atoms with van der Waals surface area (Å²) in [7, 11) is 8.15. The van der Waals surface area contributed by atoms with Crippen LogP contribution in [0, 0.1) is 5.92 Å². The number of rotatable bonds is 5. The standard InChI is InChI=1S/C12H18BO2P/c1-9(2)8-14-10-4-6-11(7-5-10)15-12(3,13)16/h4-7,9H,8,16H2,1-3H3. The second-order valence-corrected chi connectivity index (χ2v) is 5.61. The van der Waals surface area contributed by atoms with Crippen molar-refractivity contribution in [3.8, 4) is 11.5 Å². The zero-order chi connectivity index (χ0) is 12.2. The van der Waals surface area contributed by atoms with Crippen LogP contribution in [0.2, 0.25) is 0 Å². The molecule has 1 aromatic carbocycles. The Hall–Kier alpha value is -0.685. The van der Waals surface area contributed by atoms with Gasteiger partial charge in [-0.1, -0.05) is 13.8 Å². The van der Waals surface area contributed by atoms with Gasteiger partial charge in [-0.25, -0.2) is 0 Å². The minimum Gasteiger partial charge on any atom is -0.494 e. The highest BCUT2D eigenvalue weighted by molar-refractivity contribution is 7.21. The fourth-order valence-corrected chi connectivity index (χ4v) is 1.26. The summed E-state index contributed by atoms with van der Waals surface area (Å²) >= 11 is 0. The molecule has 0 saturated carbocycles. The maximum atomic E-state index is 5.71. The molecule has 0 heterocycles. The monoisotopic (exact) mass is 236 g/mol. The Morgan fingerprint density at radius 3 is 2.19 bits per heavy atom. The lowest BCUT2D eigenvalue weighted by atomic mass is 10.0. The van der Waals surface area contributed by atoms with Crippen molar-refractivity contribution in [3.63, 3.8) is 0 Å². The zero-order valence-corrected chi connectivity index (χ0v) is 11.2. The molecule has 0 amide bonds. The fraction of sp³-hybridized carbons (Fsp3) is 0.500. The van der Waals surface area contributed by atoms with E-state index in [1.54, 1.807) is 6.92 Å². The first-order valence-corrected chi connectivity index (χ1v) is 5.94. The van der Waals surface area contributed by atoms with Gasteiger partial charge in [-0.3, -0.25) is 0 Å². The first kappa shape index (κ1) is 13.4. The molecule has 0 aromatic heterocycles. The minimum atomic E-state index is -0.736. The Bertz CT molecular complexity index is 317. The van der Waals surface area contributed by atoms with Crippen molar-refractivity contribution in [1.29, 1.82) is 0 Å². The summed E-state index contributed by atoms with van der Waals surface area (Å²) in [6.45, 7) is 6.73. The van der Waals surface area contributed by atoms with E-state index in [0.717, 1.165) is 18.1 Å². The van der Waals surface area contributed by atoms with Crippen molar-refractivity contribution in [1.82, 2.24) is 0 Å². The molecule has 0 N–H and O–H groups in total. The molecule has 0 fully saturated rings. The highest BCUT2D eigenvalue weighted by Crippen LogP contribution is 2.23. The summed E-state index contributed by atoms with van der Waals surface area (Å²) in [6.07, 6.45) is 0. The van der Waals surface area contributed by atoms with Gasteiger partial charge in [0.05, 0.1) is 11.8 Å². The molecule has 1 aromatic rings. The summed E-state index contributed by atoms with van der Waals surface area (Å²) in [5.74, 6) is 2.11. The van der Waals surface area contributed by atoms with Crippen LogP contribution in [-0.4, -0.2) is 19.7 Å². The zero-order valence-electron chi connectivity index (χ0n) is 10.1. The van der Waals surface area contributed by atoms with Crippen molar-refractivity contribution in [3.05, 3.63) is 24.3 Å². The van der Waals surface area contributed by atoms with E-state index in [9.17, 15) is 0 Å². The van der Waals surface area contributed by atoms with E-state index in [1.807, 2.05) is 24.3 Å². The third kappa shape index (κ3) is 5.41. The lowest BCUT2D eigenvalue weighted by molar-refractivity contribution is 0.262. The fourth-order valence-electron chi connectivity index (χ4n) is 1.12. The van der Waals surface area contributed by atoms with Gasteiger partial charge in [0, 0.05) is 0 Å². The molecule has 2 radical (unpaired) electrons. The molecule has 16 heavy (non-hydrogen) atoms. The molecule has 0 spiro atoms. The van der Waals surface area contributed by atoms with Gasteiger partial charge in [0.25, 0.3) is 0 Å². The van der Waals surface area contributed by atoms with E-state index < -0.39 is 5.24 Å². The predicted octanol–water partition coefficient (Wildman–Crippen LogP) is 2.82. The predicted molar refractivity (Wildman–Crippen MR) is 71.3 cm³/mol. The van der Waals surface area contributed by atoms with E-state index in [4.69, 9.17) is 17.3 Å². The smallest absolute Gasteiger partial charge is 0.136 e. The molecular weight excluding hydrogens is 218 g/mol. The Morgan fingerprint density at radius 2 is 1.75 bits per heavy atom. The number of ether oxygens (including phenoxy) is 2. The van der Waals surface area contributed by atoms with E-state index in [2.05, 4.69) is 23.1 Å². The molecular formula is C12H18BO2P. The lowest BCUT2D eigenvalue weighted by Gasteiger charge is -2.21. The van der Waals surface area contributed by atoms with Gasteiger partial charge in [-0.2, -0.15) is 0 Å². The van der Waals surface area contributed by atoms with Crippen molar-refractivity contribution in [2.75, 3.05) is 6.61 Å². The van der Waals surface area contributed by atoms with Crippen LogP contribution in [0.4, 0.5) is 0 Å². The minimum absolute atomic E-state index is 0.523. The Morgan fingerprint density at radius 1 is 1.25 bits per heavy atom. The van der Waals surface area contributed by atoms with Gasteiger partial charge in [0.1, 0.15) is 19.3 Å². The first-order valence-electron chi connectivity index (χ1n) is 5.36. The second kappa shape index (κ2) is 5.59. The van der Waals surface area contributed by atoms with Crippen molar-refractivity contribution in [2.24, 2.45) is 5.92 Å². The number of hydrogen-bond acceptors (Lipinski definition) is 2. The quantitative estimate of drug-likeness (QED) is 0.578. The van der Waals surface area contributed by atoms with Crippen LogP contribution in [0.1, 0.15) is 20.8 Å². The summed E-state index contributed by atoms with van der Waals surface area (Å²) in [5.41, 5.74) is 0. The normalized spacial score (nSPS) is 14.6. The van der Waals surface area contributed by atoms with Gasteiger partial charge in [-0.15, -0.1) is 9.24 Å². The Balaban J connectivity index is 2.54. The molecule has 0 aliphatic carbocycles. The van der Waals surface area contributed by atoms with Crippen LogP contribution in [0.15, 0.2) is 24.3 Å². The largest absolute Gasteiger partial charge is 0.494 e. The summed E-state index contributed by atoms with van der Waals surface area (Å²) in [4.78, 5) is 0. The molecule has 0 saturated heterocycles. The molecule has 2 nitrogen and oxygen atoms in total. The van der Waals surface area contributed by atoms with Gasteiger partial charge >= 0.3 is 0 Å². The van der Waals surface area contributed by atoms with Gasteiger partial charge < -0.3 is 9.47 Å². The molecule has 0 bridgehead atoms. The summed E-state index contributed by atoms with van der Waals surface area (Å²) in [5, 5.41) is -0.736. The molecule has 4 heteroatoms. The van der Waals surface area contributed by atoms with Crippen LogP contribution < -0.4 is 9.47 Å². The molecule has 1 rings (SSSR count). The maximum Gasteiger partial charge on any atom is 0.136 e. The number of benzene rings is 1. The topological polar surface area (TPSA) is 18.5 Å². The third-order valence-electron chi connectivity index (χ3n) is 1.74. The van der Waals surface area contributed by atoms with Gasteiger partial charge in [0.15, 0.2) is 0 Å². The molecule has 2 unspecified atom stereocenters. The highest BCUT2D eigenvalue weighted by Gasteiger charge is 2.11. The van der Waals surface area contributed by atoms with E-state index in [1.165, 1.54) is 0 Å². The van der Waals surface area contributed by atoms with Crippen LogP contribution in [0.5, 0.6) is 11.5 Å². The van der Waals surface area contributed by atoms with Crippen LogP contribution >= 0.6 is 9.24 Å². The van der Waals surface area contributed by atoms with Crippen LogP contribution in [0.25, 0.3) is 0 Å². The lowest BCUT2D eigenvalue weighted by Crippen LogP contribution is -2.23. The Labute approximate surface area is 101 Å². The van der Waals surface area contributed by atoms with Crippen molar-refractivity contribution in [2.45, 2.75) is 26.0 Å². The van der Waals surface area contributed by atoms with Gasteiger partial charge in [-0.05, 0) is 37.1 Å². The highest BCUT2D eigenvalue weighted by atomic mass is 31.0. The van der Waals surface area contributed by atoms with Crippen LogP contribution in [-0.2, 0) is 0 Å². The van der Waals surface area contributed by atoms with Crippen LogP contribution in [0.3, 0.4) is 0 Å². The SMILES string of the molecule is [B]C(C)(P)Oc1ccc(OCC(C)C)cc1. The summed E-state index contributed by atoms with van der Waals surface area (Å²) in [6, 6.07) is 7.47. The molecule has 0 aliphatic heterocycles. The number of hydrogen-bond donors (Lipinski definition) is 0. The molecule has 86 valence electrons. The van der Waals surface area contributed by atoms with E-state index in [-0.39, 0.29) is 0 Å². The van der Waals surface area contributed by atoms with Gasteiger partial charge in [0.2, 0.25) is 0 Å². The van der Waals surface area contributed by atoms with Crippen molar-refractivity contribution < 1.29 is 9.47 Å². The Kier molecular flexibility index (Phi) is 4.67. The molecule has 2 atom stereocenters. The van der Waals surface area contributed by atoms with Crippen molar-refractivity contribution >= 4 is 17.1 Å². The average molecular weight is 236 g/mol. The van der Waals surface area contributed by atoms with E-state index >= 15 is 0 Å². The molecule has 0 aliphatic rings. The third-order valence-corrected chi connectivity index (χ3v) is 1.86.